The van der Waals surface area contributed by atoms with Crippen LogP contribution in [0.4, 0.5) is 4.79 Å². The van der Waals surface area contributed by atoms with Gasteiger partial charge in [-0.25, -0.2) is 9.59 Å². The highest BCUT2D eigenvalue weighted by molar-refractivity contribution is 5.99. The topological polar surface area (TPSA) is 169 Å². The first kappa shape index (κ1) is 33.1. The zero-order chi connectivity index (χ0) is 30.2. The lowest BCUT2D eigenvalue weighted by Gasteiger charge is -2.30. The number of benzene rings is 1. The van der Waals surface area contributed by atoms with E-state index in [1.165, 1.54) is 41.5 Å². The maximum atomic E-state index is 12.8. The van der Waals surface area contributed by atoms with Crippen LogP contribution in [0, 0.1) is 0 Å². The molecule has 0 aliphatic heterocycles. The Labute approximate surface area is 228 Å². The molecule has 216 valence electrons. The molecule has 0 bridgehead atoms. The van der Waals surface area contributed by atoms with E-state index < -0.39 is 70.9 Å². The number of hydrogen-bond acceptors (Lipinski definition) is 8. The maximum Gasteiger partial charge on any atom is 0.408 e. The Morgan fingerprint density at radius 3 is 1.74 bits per heavy atom. The minimum absolute atomic E-state index is 0.383. The lowest BCUT2D eigenvalue weighted by Crippen LogP contribution is -2.62. The van der Waals surface area contributed by atoms with Crippen molar-refractivity contribution in [3.05, 3.63) is 35.9 Å². The lowest BCUT2D eigenvalue weighted by atomic mass is 10.0. The maximum absolute atomic E-state index is 12.8. The summed E-state index contributed by atoms with van der Waals surface area (Å²) in [7, 11) is 0. The molecular formula is C27H40N4O8. The first-order valence-electron chi connectivity index (χ1n) is 12.4. The van der Waals surface area contributed by atoms with Crippen LogP contribution in [0.25, 0.3) is 0 Å². The van der Waals surface area contributed by atoms with Gasteiger partial charge in [-0.2, -0.15) is 0 Å². The minimum Gasteiger partial charge on any atom is -0.456 e. The second-order valence-electron chi connectivity index (χ2n) is 11.2. The van der Waals surface area contributed by atoms with Gasteiger partial charge < -0.3 is 30.7 Å². The summed E-state index contributed by atoms with van der Waals surface area (Å²) in [6, 6.07) is 6.20. The van der Waals surface area contributed by atoms with Gasteiger partial charge in [-0.15, -0.1) is 0 Å². The molecule has 1 aromatic carbocycles. The van der Waals surface area contributed by atoms with Crippen molar-refractivity contribution < 1.29 is 38.2 Å². The van der Waals surface area contributed by atoms with Crippen molar-refractivity contribution in [3.8, 4) is 0 Å². The Bertz CT molecular complexity index is 1080. The van der Waals surface area contributed by atoms with Gasteiger partial charge in [0.05, 0.1) is 0 Å². The first-order valence-corrected chi connectivity index (χ1v) is 12.4. The van der Waals surface area contributed by atoms with E-state index in [-0.39, 0.29) is 0 Å². The molecule has 2 atom stereocenters. The molecule has 39 heavy (non-hydrogen) atoms. The summed E-state index contributed by atoms with van der Waals surface area (Å²) in [5, 5.41) is 9.87. The van der Waals surface area contributed by atoms with Gasteiger partial charge in [-0.05, 0) is 62.3 Å². The van der Waals surface area contributed by atoms with Crippen molar-refractivity contribution >= 4 is 35.6 Å². The van der Waals surface area contributed by atoms with E-state index in [1.807, 2.05) is 0 Å². The molecule has 0 aliphatic carbocycles. The molecule has 0 unspecified atom stereocenters. The van der Waals surface area contributed by atoms with Crippen LogP contribution in [0.15, 0.2) is 30.3 Å². The van der Waals surface area contributed by atoms with Gasteiger partial charge in [0.2, 0.25) is 17.7 Å². The lowest BCUT2D eigenvalue weighted by molar-refractivity contribution is -0.151. The quantitative estimate of drug-likeness (QED) is 0.239. The summed E-state index contributed by atoms with van der Waals surface area (Å²) in [5.41, 5.74) is -3.32. The molecule has 0 spiro atoms. The van der Waals surface area contributed by atoms with Crippen LogP contribution in [0.1, 0.15) is 72.7 Å². The number of ketones is 1. The summed E-state index contributed by atoms with van der Waals surface area (Å²) in [5.74, 6) is -3.25. The van der Waals surface area contributed by atoms with E-state index in [2.05, 4.69) is 21.3 Å². The predicted octanol–water partition coefficient (Wildman–Crippen LogP) is 1.62. The largest absolute Gasteiger partial charge is 0.456 e. The highest BCUT2D eigenvalue weighted by atomic mass is 16.6. The predicted molar refractivity (Wildman–Crippen MR) is 143 cm³/mol. The second-order valence-corrected chi connectivity index (χ2v) is 11.2. The average Bonchev–Trinajstić information content (AvgIpc) is 2.80. The van der Waals surface area contributed by atoms with Crippen LogP contribution < -0.4 is 21.3 Å². The highest BCUT2D eigenvalue weighted by Crippen LogP contribution is 2.10. The Kier molecular flexibility index (Phi) is 11.2. The number of amides is 4. The van der Waals surface area contributed by atoms with Gasteiger partial charge in [-0.1, -0.05) is 30.3 Å². The number of carbonyl (C=O) groups is 6. The third-order valence-electron chi connectivity index (χ3n) is 5.25. The Morgan fingerprint density at radius 1 is 0.744 bits per heavy atom. The minimum atomic E-state index is -1.50. The number of hydrogen-bond donors (Lipinski definition) is 4. The number of carbonyl (C=O) groups excluding carboxylic acids is 6. The molecule has 1 rings (SSSR count). The molecule has 0 aliphatic rings. The van der Waals surface area contributed by atoms with Gasteiger partial charge in [0, 0.05) is 5.56 Å². The SMILES string of the molecule is C[C@H](NC(=O)OC(C)(C)C)C(=O)NC(C)(C)C(=O)N[C@@H](C)C(=O)NC(C)(C)C(=O)OCC(=O)c1ccccc1. The molecule has 0 saturated heterocycles. The molecule has 0 aromatic heterocycles. The standard InChI is InChI=1S/C27H40N4O8/c1-16(20(33)31-27(8,9)23(36)38-15-19(32)18-13-11-10-12-14-18)28-22(35)26(6,7)30-21(34)17(2)29-24(37)39-25(3,4)5/h10-14,16-17H,15H2,1-9H3,(H,28,35)(H,29,37)(H,30,34)(H,31,33)/t16-,17-/m0/s1. The zero-order valence-corrected chi connectivity index (χ0v) is 24.0. The van der Waals surface area contributed by atoms with Crippen molar-refractivity contribution in [1.82, 2.24) is 21.3 Å². The number of alkyl carbamates (subject to hydrolysis) is 1. The molecule has 0 heterocycles. The summed E-state index contributed by atoms with van der Waals surface area (Å²) in [4.78, 5) is 74.6. The molecular weight excluding hydrogens is 508 g/mol. The molecule has 4 amide bonds. The fraction of sp³-hybridized carbons (Fsp3) is 0.556. The normalized spacial score (nSPS) is 13.3. The van der Waals surface area contributed by atoms with Crippen LogP contribution in [-0.2, 0) is 28.7 Å². The molecule has 0 radical (unpaired) electrons. The third kappa shape index (κ3) is 11.1. The summed E-state index contributed by atoms with van der Waals surface area (Å²) < 4.78 is 10.2. The van der Waals surface area contributed by atoms with Crippen LogP contribution in [0.5, 0.6) is 0 Å². The fourth-order valence-electron chi connectivity index (χ4n) is 2.95. The van der Waals surface area contributed by atoms with E-state index in [1.54, 1.807) is 51.1 Å². The van der Waals surface area contributed by atoms with Crippen molar-refractivity contribution in [1.29, 1.82) is 0 Å². The highest BCUT2D eigenvalue weighted by Gasteiger charge is 2.36. The monoisotopic (exact) mass is 548 g/mol. The van der Waals surface area contributed by atoms with E-state index in [0.717, 1.165) is 0 Å². The van der Waals surface area contributed by atoms with Gasteiger partial charge in [0.15, 0.2) is 12.4 Å². The van der Waals surface area contributed by atoms with Crippen molar-refractivity contribution in [2.24, 2.45) is 0 Å². The van der Waals surface area contributed by atoms with E-state index >= 15 is 0 Å². The number of rotatable bonds is 11. The first-order chi connectivity index (χ1) is 17.7. The van der Waals surface area contributed by atoms with E-state index in [9.17, 15) is 28.8 Å². The van der Waals surface area contributed by atoms with Gasteiger partial charge in [-0.3, -0.25) is 19.2 Å². The van der Waals surface area contributed by atoms with E-state index in [0.29, 0.717) is 5.56 Å². The molecule has 12 nitrogen and oxygen atoms in total. The van der Waals surface area contributed by atoms with Gasteiger partial charge in [0.25, 0.3) is 0 Å². The van der Waals surface area contributed by atoms with Crippen LogP contribution >= 0.6 is 0 Å². The molecule has 0 saturated carbocycles. The van der Waals surface area contributed by atoms with Crippen molar-refractivity contribution in [3.63, 3.8) is 0 Å². The number of nitrogens with one attached hydrogen (secondary N) is 4. The summed E-state index contributed by atoms with van der Waals surface area (Å²) in [6.45, 7) is 13.0. The third-order valence-corrected chi connectivity index (χ3v) is 5.25. The number of ether oxygens (including phenoxy) is 2. The van der Waals surface area contributed by atoms with Gasteiger partial charge in [0.1, 0.15) is 28.8 Å². The summed E-state index contributed by atoms with van der Waals surface area (Å²) in [6.07, 6.45) is -0.789. The van der Waals surface area contributed by atoms with Crippen LogP contribution in [0.3, 0.4) is 0 Å². The number of esters is 1. The van der Waals surface area contributed by atoms with Crippen LogP contribution in [-0.4, -0.2) is 70.9 Å². The smallest absolute Gasteiger partial charge is 0.408 e. The Hall–Kier alpha value is -3.96. The van der Waals surface area contributed by atoms with E-state index in [4.69, 9.17) is 9.47 Å². The summed E-state index contributed by atoms with van der Waals surface area (Å²) >= 11 is 0. The Balaban J connectivity index is 2.64. The Morgan fingerprint density at radius 2 is 1.23 bits per heavy atom. The average molecular weight is 549 g/mol. The molecule has 12 heteroatoms. The second kappa shape index (κ2) is 13.2. The fourth-order valence-corrected chi connectivity index (χ4v) is 2.95. The van der Waals surface area contributed by atoms with Crippen molar-refractivity contribution in [2.45, 2.75) is 91.1 Å². The van der Waals surface area contributed by atoms with Crippen LogP contribution in [0.2, 0.25) is 0 Å². The number of Topliss-reactive ketones (excluding diaryl/α,β-unsaturated/α-hetero) is 1. The van der Waals surface area contributed by atoms with Gasteiger partial charge >= 0.3 is 12.1 Å². The molecule has 4 N–H and O–H groups in total. The molecule has 1 aromatic rings. The van der Waals surface area contributed by atoms with Crippen molar-refractivity contribution in [2.75, 3.05) is 6.61 Å². The molecule has 0 fully saturated rings. The zero-order valence-electron chi connectivity index (χ0n) is 24.0.